The summed E-state index contributed by atoms with van der Waals surface area (Å²) in [5.74, 6) is 0.802. The molecule has 1 aliphatic rings. The summed E-state index contributed by atoms with van der Waals surface area (Å²) >= 11 is 1.85. The predicted molar refractivity (Wildman–Crippen MR) is 102 cm³/mol. The van der Waals surface area contributed by atoms with Crippen molar-refractivity contribution in [2.24, 2.45) is 7.05 Å². The molecule has 0 bridgehead atoms. The highest BCUT2D eigenvalue weighted by Crippen LogP contribution is 2.37. The number of benzene rings is 1. The fraction of sp³-hybridized carbons (Fsp3) is 0.500. The Morgan fingerprint density at radius 1 is 1.16 bits per heavy atom. The van der Waals surface area contributed by atoms with Gasteiger partial charge in [0.25, 0.3) is 0 Å². The van der Waals surface area contributed by atoms with Crippen LogP contribution in [-0.2, 0) is 17.1 Å². The van der Waals surface area contributed by atoms with Crippen LogP contribution in [0.1, 0.15) is 34.2 Å². The van der Waals surface area contributed by atoms with Gasteiger partial charge < -0.3 is 0 Å². The topological polar surface area (TPSA) is 55.2 Å². The zero-order valence-corrected chi connectivity index (χ0v) is 16.8. The fourth-order valence-corrected chi connectivity index (χ4v) is 6.74. The third-order valence-electron chi connectivity index (χ3n) is 4.88. The number of hydrogen-bond acceptors (Lipinski definition) is 4. The van der Waals surface area contributed by atoms with Crippen LogP contribution in [-0.4, -0.2) is 41.3 Å². The average Bonchev–Trinajstić information content (AvgIpc) is 2.74. The van der Waals surface area contributed by atoms with Gasteiger partial charge in [0, 0.05) is 31.1 Å². The van der Waals surface area contributed by atoms with Crippen LogP contribution in [0.2, 0.25) is 0 Å². The Labute approximate surface area is 154 Å². The van der Waals surface area contributed by atoms with Crippen molar-refractivity contribution in [2.45, 2.75) is 37.3 Å². The fourth-order valence-electron chi connectivity index (χ4n) is 3.44. The molecule has 25 heavy (non-hydrogen) atoms. The largest absolute Gasteiger partial charge is 0.271 e. The Bertz CT molecular complexity index is 874. The predicted octanol–water partition coefficient (Wildman–Crippen LogP) is 3.21. The second kappa shape index (κ2) is 7.13. The summed E-state index contributed by atoms with van der Waals surface area (Å²) in [5, 5.41) is 4.62. The molecule has 0 spiro atoms. The molecule has 1 aromatic carbocycles. The normalized spacial score (nSPS) is 19.8. The summed E-state index contributed by atoms with van der Waals surface area (Å²) in [5.41, 5.74) is 3.87. The van der Waals surface area contributed by atoms with E-state index in [0.717, 1.165) is 12.2 Å². The molecule has 0 saturated carbocycles. The lowest BCUT2D eigenvalue weighted by Crippen LogP contribution is -2.33. The average molecular weight is 380 g/mol. The lowest BCUT2D eigenvalue weighted by Gasteiger charge is -2.20. The number of hydrogen-bond donors (Lipinski definition) is 0. The third-order valence-corrected chi connectivity index (χ3v) is 8.34. The SMILES string of the molecule is Cc1ccccc1C1CCN(S(=O)(=O)c2c(C)nn(C)c2C)CCS1. The molecule has 7 heteroatoms. The Kier molecular flexibility index (Phi) is 5.27. The van der Waals surface area contributed by atoms with Gasteiger partial charge in [-0.2, -0.15) is 21.2 Å². The molecule has 5 nitrogen and oxygen atoms in total. The van der Waals surface area contributed by atoms with Gasteiger partial charge in [-0.05, 0) is 38.3 Å². The molecule has 1 fully saturated rings. The van der Waals surface area contributed by atoms with Gasteiger partial charge in [-0.3, -0.25) is 4.68 Å². The first-order valence-electron chi connectivity index (χ1n) is 8.50. The molecule has 0 radical (unpaired) electrons. The lowest BCUT2D eigenvalue weighted by molar-refractivity contribution is 0.427. The van der Waals surface area contributed by atoms with Gasteiger partial charge in [0.15, 0.2) is 0 Å². The number of rotatable bonds is 3. The minimum atomic E-state index is -3.50. The lowest BCUT2D eigenvalue weighted by atomic mass is 10.0. The molecular formula is C18H25N3O2S2. The maximum absolute atomic E-state index is 13.2. The van der Waals surface area contributed by atoms with Crippen LogP contribution in [0.5, 0.6) is 0 Å². The molecule has 1 aromatic heterocycles. The van der Waals surface area contributed by atoms with Crippen LogP contribution in [0.3, 0.4) is 0 Å². The molecule has 2 heterocycles. The molecule has 2 aromatic rings. The molecule has 0 N–H and O–H groups in total. The first kappa shape index (κ1) is 18.5. The molecular weight excluding hydrogens is 354 g/mol. The van der Waals surface area contributed by atoms with E-state index in [2.05, 4.69) is 30.2 Å². The quantitative estimate of drug-likeness (QED) is 0.822. The van der Waals surface area contributed by atoms with Crippen molar-refractivity contribution >= 4 is 21.8 Å². The van der Waals surface area contributed by atoms with E-state index in [1.807, 2.05) is 24.8 Å². The van der Waals surface area contributed by atoms with E-state index in [9.17, 15) is 8.42 Å². The molecule has 0 aliphatic carbocycles. The summed E-state index contributed by atoms with van der Waals surface area (Å²) < 4.78 is 29.6. The molecule has 3 rings (SSSR count). The highest BCUT2D eigenvalue weighted by atomic mass is 32.2. The molecule has 1 unspecified atom stereocenters. The van der Waals surface area contributed by atoms with Crippen LogP contribution in [0.25, 0.3) is 0 Å². The standard InChI is InChI=1S/C18H25N3O2S2/c1-13-7-5-6-8-16(13)17-9-10-21(11-12-24-17)25(22,23)18-14(2)19-20(4)15(18)3/h5-8,17H,9-12H2,1-4H3. The minimum Gasteiger partial charge on any atom is -0.271 e. The smallest absolute Gasteiger partial charge is 0.246 e. The monoisotopic (exact) mass is 379 g/mol. The number of thioether (sulfide) groups is 1. The van der Waals surface area contributed by atoms with Crippen LogP contribution in [0, 0.1) is 20.8 Å². The van der Waals surface area contributed by atoms with Gasteiger partial charge in [-0.15, -0.1) is 0 Å². The number of sulfonamides is 1. The van der Waals surface area contributed by atoms with E-state index >= 15 is 0 Å². The van der Waals surface area contributed by atoms with Gasteiger partial charge in [0.05, 0.1) is 11.4 Å². The van der Waals surface area contributed by atoms with Crippen molar-refractivity contribution < 1.29 is 8.42 Å². The van der Waals surface area contributed by atoms with E-state index in [0.29, 0.717) is 34.6 Å². The summed E-state index contributed by atoms with van der Waals surface area (Å²) in [6.45, 7) is 6.79. The van der Waals surface area contributed by atoms with E-state index in [1.54, 1.807) is 23.0 Å². The number of nitrogens with zero attached hydrogens (tertiary/aromatic N) is 3. The van der Waals surface area contributed by atoms with Crippen molar-refractivity contribution in [3.05, 3.63) is 46.8 Å². The highest BCUT2D eigenvalue weighted by molar-refractivity contribution is 7.99. The maximum Gasteiger partial charge on any atom is 0.246 e. The van der Waals surface area contributed by atoms with E-state index in [1.165, 1.54) is 11.1 Å². The van der Waals surface area contributed by atoms with Gasteiger partial charge in [-0.25, -0.2) is 8.42 Å². The van der Waals surface area contributed by atoms with Crippen molar-refractivity contribution in [3.63, 3.8) is 0 Å². The summed E-state index contributed by atoms with van der Waals surface area (Å²) in [6.07, 6.45) is 0.826. The Hall–Kier alpha value is -1.31. The Balaban J connectivity index is 1.84. The second-order valence-corrected chi connectivity index (χ2v) is 9.72. The first-order chi connectivity index (χ1) is 11.8. The van der Waals surface area contributed by atoms with Crippen molar-refractivity contribution in [2.75, 3.05) is 18.8 Å². The first-order valence-corrected chi connectivity index (χ1v) is 11.0. The van der Waals surface area contributed by atoms with Gasteiger partial charge in [0.1, 0.15) is 4.90 Å². The molecule has 1 aliphatic heterocycles. The molecule has 1 saturated heterocycles. The summed E-state index contributed by atoms with van der Waals surface area (Å²) in [7, 11) is -1.72. The summed E-state index contributed by atoms with van der Waals surface area (Å²) in [6, 6.07) is 8.39. The van der Waals surface area contributed by atoms with E-state index < -0.39 is 10.0 Å². The number of aryl methyl sites for hydroxylation is 3. The van der Waals surface area contributed by atoms with Gasteiger partial charge in [-0.1, -0.05) is 24.3 Å². The van der Waals surface area contributed by atoms with E-state index in [4.69, 9.17) is 0 Å². The van der Waals surface area contributed by atoms with Crippen LogP contribution < -0.4 is 0 Å². The van der Waals surface area contributed by atoms with Crippen LogP contribution >= 0.6 is 11.8 Å². The third kappa shape index (κ3) is 3.50. The summed E-state index contributed by atoms with van der Waals surface area (Å²) in [4.78, 5) is 0.370. The van der Waals surface area contributed by atoms with E-state index in [-0.39, 0.29) is 0 Å². The molecule has 1 atom stereocenters. The van der Waals surface area contributed by atoms with Crippen molar-refractivity contribution in [1.82, 2.24) is 14.1 Å². The molecule has 0 amide bonds. The molecule has 136 valence electrons. The van der Waals surface area contributed by atoms with Crippen LogP contribution in [0.15, 0.2) is 29.2 Å². The van der Waals surface area contributed by atoms with Gasteiger partial charge >= 0.3 is 0 Å². The van der Waals surface area contributed by atoms with Gasteiger partial charge in [0.2, 0.25) is 10.0 Å². The Morgan fingerprint density at radius 3 is 2.52 bits per heavy atom. The zero-order valence-electron chi connectivity index (χ0n) is 15.2. The van der Waals surface area contributed by atoms with Crippen molar-refractivity contribution in [3.8, 4) is 0 Å². The minimum absolute atomic E-state index is 0.345. The highest BCUT2D eigenvalue weighted by Gasteiger charge is 2.32. The van der Waals surface area contributed by atoms with Crippen LogP contribution in [0.4, 0.5) is 0 Å². The van der Waals surface area contributed by atoms with Crippen molar-refractivity contribution in [1.29, 1.82) is 0 Å². The second-order valence-electron chi connectivity index (χ2n) is 6.53. The zero-order chi connectivity index (χ0) is 18.2. The maximum atomic E-state index is 13.2. The number of aromatic nitrogens is 2. The Morgan fingerprint density at radius 2 is 1.88 bits per heavy atom.